The summed E-state index contributed by atoms with van der Waals surface area (Å²) in [6.07, 6.45) is 5.03. The summed E-state index contributed by atoms with van der Waals surface area (Å²) in [6, 6.07) is 10.6. The fraction of sp³-hybridized carbons (Fsp3) is 0.281. The van der Waals surface area contributed by atoms with Crippen LogP contribution in [0.3, 0.4) is 0 Å². The molecule has 2 aromatic carbocycles. The second-order valence-electron chi connectivity index (χ2n) is 10.3. The molecular formula is C32H33F2N5O6S. The van der Waals surface area contributed by atoms with Crippen LogP contribution in [0.15, 0.2) is 71.7 Å². The Labute approximate surface area is 267 Å². The van der Waals surface area contributed by atoms with Gasteiger partial charge in [-0.15, -0.1) is 11.3 Å². The number of hydrogen-bond acceptors (Lipinski definition) is 8. The van der Waals surface area contributed by atoms with Crippen molar-refractivity contribution >= 4 is 45.0 Å². The SMILES string of the molecule is COCC(=O)NC(CC/C=C/C(=O)N(C)C)C(=O)Nc1cccn(Cc2nc3cccc(OCc4ccc(F)cc4F)c3s2)c1=O. The van der Waals surface area contributed by atoms with Crippen molar-refractivity contribution in [1.82, 2.24) is 19.8 Å². The summed E-state index contributed by atoms with van der Waals surface area (Å²) in [6.45, 7) is -0.279. The van der Waals surface area contributed by atoms with E-state index in [0.29, 0.717) is 27.4 Å². The van der Waals surface area contributed by atoms with E-state index in [1.54, 1.807) is 50.6 Å². The van der Waals surface area contributed by atoms with Crippen molar-refractivity contribution in [3.8, 4) is 5.75 Å². The normalized spacial score (nSPS) is 11.8. The van der Waals surface area contributed by atoms with Crippen LogP contribution in [0.5, 0.6) is 5.75 Å². The summed E-state index contributed by atoms with van der Waals surface area (Å²) in [7, 11) is 4.58. The van der Waals surface area contributed by atoms with E-state index in [9.17, 15) is 28.0 Å². The minimum Gasteiger partial charge on any atom is -0.487 e. The van der Waals surface area contributed by atoms with Crippen molar-refractivity contribution in [2.75, 3.05) is 33.1 Å². The maximum absolute atomic E-state index is 14.1. The molecule has 11 nitrogen and oxygen atoms in total. The molecule has 4 aromatic rings. The number of allylic oxidation sites excluding steroid dienone is 1. The monoisotopic (exact) mass is 653 g/mol. The number of likely N-dealkylation sites (N-methyl/N-ethyl adjacent to an activating group) is 1. The average Bonchev–Trinajstić information content (AvgIpc) is 3.43. The van der Waals surface area contributed by atoms with Gasteiger partial charge in [0.2, 0.25) is 17.7 Å². The highest BCUT2D eigenvalue weighted by molar-refractivity contribution is 7.19. The third-order valence-corrected chi connectivity index (χ3v) is 7.73. The predicted octanol–water partition coefficient (Wildman–Crippen LogP) is 3.86. The first-order chi connectivity index (χ1) is 22.0. The van der Waals surface area contributed by atoms with E-state index in [1.165, 1.54) is 46.1 Å². The molecule has 0 aliphatic carbocycles. The second kappa shape index (κ2) is 15.9. The maximum atomic E-state index is 14.1. The van der Waals surface area contributed by atoms with Crippen LogP contribution >= 0.6 is 11.3 Å². The largest absolute Gasteiger partial charge is 0.487 e. The first kappa shape index (κ1) is 33.9. The first-order valence-corrected chi connectivity index (χ1v) is 15.0. The van der Waals surface area contributed by atoms with Gasteiger partial charge in [0.1, 0.15) is 47.3 Å². The lowest BCUT2D eigenvalue weighted by molar-refractivity contribution is -0.129. The van der Waals surface area contributed by atoms with Crippen molar-refractivity contribution in [3.05, 3.63) is 99.4 Å². The summed E-state index contributed by atoms with van der Waals surface area (Å²) >= 11 is 1.29. The molecule has 14 heteroatoms. The van der Waals surface area contributed by atoms with E-state index in [4.69, 9.17) is 9.47 Å². The van der Waals surface area contributed by atoms with Crippen molar-refractivity contribution in [2.24, 2.45) is 0 Å². The van der Waals surface area contributed by atoms with Crippen molar-refractivity contribution in [1.29, 1.82) is 0 Å². The maximum Gasteiger partial charge on any atom is 0.274 e. The van der Waals surface area contributed by atoms with Crippen LogP contribution in [-0.2, 0) is 32.3 Å². The molecule has 2 N–H and O–H groups in total. The Morgan fingerprint density at radius 1 is 1.13 bits per heavy atom. The number of methoxy groups -OCH3 is 1. The number of amides is 3. The van der Waals surface area contributed by atoms with E-state index < -0.39 is 35.0 Å². The van der Waals surface area contributed by atoms with Crippen LogP contribution in [0.4, 0.5) is 14.5 Å². The van der Waals surface area contributed by atoms with E-state index in [0.717, 1.165) is 12.1 Å². The number of halogens is 2. The van der Waals surface area contributed by atoms with Gasteiger partial charge in [-0.05, 0) is 55.3 Å². The quantitative estimate of drug-likeness (QED) is 0.198. The average molecular weight is 654 g/mol. The smallest absolute Gasteiger partial charge is 0.274 e. The predicted molar refractivity (Wildman–Crippen MR) is 170 cm³/mol. The molecule has 0 bridgehead atoms. The number of aromatic nitrogens is 2. The Morgan fingerprint density at radius 2 is 1.93 bits per heavy atom. The molecule has 3 amide bonds. The van der Waals surface area contributed by atoms with Gasteiger partial charge < -0.3 is 29.6 Å². The zero-order valence-electron chi connectivity index (χ0n) is 25.4. The molecule has 0 aliphatic rings. The second-order valence-corrected chi connectivity index (χ2v) is 11.4. The number of hydrogen-bond donors (Lipinski definition) is 2. The lowest BCUT2D eigenvalue weighted by Gasteiger charge is -2.18. The number of pyridine rings is 1. The number of benzene rings is 2. The molecule has 4 rings (SSSR count). The fourth-order valence-corrected chi connectivity index (χ4v) is 5.33. The minimum absolute atomic E-state index is 0.00303. The van der Waals surface area contributed by atoms with Gasteiger partial charge in [0.15, 0.2) is 0 Å². The summed E-state index contributed by atoms with van der Waals surface area (Å²) in [5.41, 5.74) is 0.329. The Balaban J connectivity index is 1.47. The van der Waals surface area contributed by atoms with E-state index in [-0.39, 0.29) is 43.3 Å². The molecule has 2 aromatic heterocycles. The molecule has 0 aliphatic heterocycles. The number of rotatable bonds is 14. The molecule has 0 spiro atoms. The van der Waals surface area contributed by atoms with Crippen LogP contribution < -0.4 is 20.9 Å². The highest BCUT2D eigenvalue weighted by Crippen LogP contribution is 2.32. The zero-order valence-corrected chi connectivity index (χ0v) is 26.2. The Bertz CT molecular complexity index is 1810. The van der Waals surface area contributed by atoms with Gasteiger partial charge in [0, 0.05) is 39.0 Å². The number of carbonyl (C=O) groups is 3. The highest BCUT2D eigenvalue weighted by atomic mass is 32.1. The molecule has 46 heavy (non-hydrogen) atoms. The zero-order chi connectivity index (χ0) is 33.2. The van der Waals surface area contributed by atoms with Crippen LogP contribution in [-0.4, -0.2) is 66.0 Å². The van der Waals surface area contributed by atoms with Gasteiger partial charge in [-0.1, -0.05) is 12.1 Å². The van der Waals surface area contributed by atoms with Crippen molar-refractivity contribution < 1.29 is 32.6 Å². The summed E-state index contributed by atoms with van der Waals surface area (Å²) in [4.78, 5) is 56.5. The molecule has 0 saturated carbocycles. The number of anilines is 1. The Hall–Kier alpha value is -4.95. The lowest BCUT2D eigenvalue weighted by atomic mass is 10.1. The third kappa shape index (κ3) is 9.05. The molecule has 1 unspecified atom stereocenters. The van der Waals surface area contributed by atoms with Gasteiger partial charge in [0.25, 0.3) is 5.56 Å². The number of fused-ring (bicyclic) bond motifs is 1. The molecule has 242 valence electrons. The molecule has 0 fully saturated rings. The van der Waals surface area contributed by atoms with Crippen LogP contribution in [0.25, 0.3) is 10.2 Å². The highest BCUT2D eigenvalue weighted by Gasteiger charge is 2.22. The summed E-state index contributed by atoms with van der Waals surface area (Å²) in [5.74, 6) is -2.26. The van der Waals surface area contributed by atoms with Gasteiger partial charge in [-0.3, -0.25) is 19.2 Å². The van der Waals surface area contributed by atoms with Gasteiger partial charge in [0.05, 0.1) is 16.8 Å². The van der Waals surface area contributed by atoms with Crippen LogP contribution in [0.2, 0.25) is 0 Å². The Morgan fingerprint density at radius 3 is 2.67 bits per heavy atom. The van der Waals surface area contributed by atoms with E-state index in [2.05, 4.69) is 15.6 Å². The summed E-state index contributed by atoms with van der Waals surface area (Å²) in [5, 5.41) is 5.78. The van der Waals surface area contributed by atoms with Gasteiger partial charge in [-0.25, -0.2) is 13.8 Å². The third-order valence-electron chi connectivity index (χ3n) is 6.66. The number of thiazole rings is 1. The fourth-order valence-electron chi connectivity index (χ4n) is 4.30. The molecule has 2 heterocycles. The number of nitrogens with one attached hydrogen (secondary N) is 2. The molecule has 0 radical (unpaired) electrons. The summed E-state index contributed by atoms with van der Waals surface area (Å²) < 4.78 is 40.1. The topological polar surface area (TPSA) is 132 Å². The standard InChI is InChI=1S/C32H33F2N5O6S/c1-38(2)29(41)12-5-4-8-24(35-27(40)19-44-3)31(42)37-25-10-7-15-39(32(25)43)17-28-36-23-9-6-11-26(30(23)46-28)45-18-20-13-14-21(33)16-22(20)34/h5-7,9-16,24H,4,8,17-19H2,1-3H3,(H,35,40)(H,37,42)/b12-5+. The number of ether oxygens (including phenoxy) is 2. The molecule has 0 saturated heterocycles. The number of carbonyl (C=O) groups excluding carboxylic acids is 3. The lowest BCUT2D eigenvalue weighted by Crippen LogP contribution is -2.45. The van der Waals surface area contributed by atoms with E-state index >= 15 is 0 Å². The van der Waals surface area contributed by atoms with Gasteiger partial charge >= 0.3 is 0 Å². The Kier molecular flexibility index (Phi) is 11.7. The van der Waals surface area contributed by atoms with Gasteiger partial charge in [-0.2, -0.15) is 0 Å². The van der Waals surface area contributed by atoms with Crippen molar-refractivity contribution in [2.45, 2.75) is 32.0 Å². The molecule has 1 atom stereocenters. The van der Waals surface area contributed by atoms with Crippen LogP contribution in [0.1, 0.15) is 23.4 Å². The molecular weight excluding hydrogens is 620 g/mol. The number of nitrogens with zero attached hydrogens (tertiary/aromatic N) is 3. The van der Waals surface area contributed by atoms with Crippen molar-refractivity contribution in [3.63, 3.8) is 0 Å². The van der Waals surface area contributed by atoms with E-state index in [1.807, 2.05) is 0 Å². The first-order valence-electron chi connectivity index (χ1n) is 14.2. The van der Waals surface area contributed by atoms with Crippen LogP contribution in [0, 0.1) is 11.6 Å². The minimum atomic E-state index is -0.999.